The van der Waals surface area contributed by atoms with Crippen LogP contribution in [0.25, 0.3) is 0 Å². The number of methoxy groups -OCH3 is 1. The third kappa shape index (κ3) is 5.65. The van der Waals surface area contributed by atoms with Crippen molar-refractivity contribution < 1.29 is 19.1 Å². The Bertz CT molecular complexity index is 330. The van der Waals surface area contributed by atoms with E-state index >= 15 is 0 Å². The molecule has 2 unspecified atom stereocenters. The van der Waals surface area contributed by atoms with Gasteiger partial charge in [-0.3, -0.25) is 4.79 Å². The Balaban J connectivity index is 0.00000324. The first-order valence-corrected chi connectivity index (χ1v) is 6.05. The van der Waals surface area contributed by atoms with Crippen LogP contribution in [0, 0.1) is 0 Å². The molecule has 1 fully saturated rings. The molecule has 112 valence electrons. The topological polar surface area (TPSA) is 81.9 Å². The van der Waals surface area contributed by atoms with Crippen LogP contribution >= 0.6 is 12.4 Å². The van der Waals surface area contributed by atoms with E-state index in [1.54, 1.807) is 20.8 Å². The highest BCUT2D eigenvalue weighted by Crippen LogP contribution is 2.22. The Morgan fingerprint density at radius 1 is 1.37 bits per heavy atom. The summed E-state index contributed by atoms with van der Waals surface area (Å²) in [5.41, 5.74) is 5.28. The molecule has 0 radical (unpaired) electrons. The number of amides is 1. The number of likely N-dealkylation sites (tertiary alicyclic amines) is 1. The molecule has 2 atom stereocenters. The fourth-order valence-electron chi connectivity index (χ4n) is 1.97. The molecule has 1 amide bonds. The van der Waals surface area contributed by atoms with E-state index < -0.39 is 11.7 Å². The molecule has 1 rings (SSSR count). The van der Waals surface area contributed by atoms with E-state index in [-0.39, 0.29) is 36.9 Å². The summed E-state index contributed by atoms with van der Waals surface area (Å²) in [5, 5.41) is 0. The predicted octanol–water partition coefficient (Wildman–Crippen LogP) is 1.31. The fraction of sp³-hybridized carbons (Fsp3) is 0.833. The zero-order valence-corrected chi connectivity index (χ0v) is 12.7. The molecule has 0 saturated carbocycles. The van der Waals surface area contributed by atoms with Crippen LogP contribution in [-0.4, -0.2) is 48.3 Å². The molecule has 2 N–H and O–H groups in total. The van der Waals surface area contributed by atoms with Gasteiger partial charge in [0.05, 0.1) is 13.5 Å². The van der Waals surface area contributed by atoms with Gasteiger partial charge in [0.25, 0.3) is 0 Å². The number of carbonyl (C=O) groups excluding carboxylic acids is 2. The molecule has 0 aromatic carbocycles. The summed E-state index contributed by atoms with van der Waals surface area (Å²) in [7, 11) is 1.33. The molecule has 0 bridgehead atoms. The van der Waals surface area contributed by atoms with Crippen molar-refractivity contribution in [2.24, 2.45) is 5.73 Å². The van der Waals surface area contributed by atoms with Gasteiger partial charge in [0, 0.05) is 18.6 Å². The molecule has 1 aliphatic rings. The van der Waals surface area contributed by atoms with E-state index in [1.807, 2.05) is 0 Å². The lowest BCUT2D eigenvalue weighted by Gasteiger charge is -2.28. The third-order valence-electron chi connectivity index (χ3n) is 2.70. The molecule has 0 aliphatic carbocycles. The fourth-order valence-corrected chi connectivity index (χ4v) is 1.97. The Morgan fingerprint density at radius 3 is 2.42 bits per heavy atom. The van der Waals surface area contributed by atoms with E-state index in [4.69, 9.17) is 10.5 Å². The van der Waals surface area contributed by atoms with Crippen LogP contribution in [0.4, 0.5) is 4.79 Å². The first kappa shape index (κ1) is 18.0. The van der Waals surface area contributed by atoms with Gasteiger partial charge in [-0.25, -0.2) is 4.79 Å². The number of hydrogen-bond donors (Lipinski definition) is 1. The zero-order chi connectivity index (χ0) is 13.9. The number of halogens is 1. The number of nitrogens with two attached hydrogens (primary N) is 1. The first-order chi connectivity index (χ1) is 8.23. The minimum Gasteiger partial charge on any atom is -0.469 e. The van der Waals surface area contributed by atoms with E-state index in [1.165, 1.54) is 12.0 Å². The van der Waals surface area contributed by atoms with Crippen LogP contribution in [0.3, 0.4) is 0 Å². The summed E-state index contributed by atoms with van der Waals surface area (Å²) in [5.74, 6) is -0.345. The number of hydrogen-bond acceptors (Lipinski definition) is 5. The van der Waals surface area contributed by atoms with Gasteiger partial charge in [-0.15, -0.1) is 12.4 Å². The van der Waals surface area contributed by atoms with Crippen LogP contribution in [0.1, 0.15) is 33.6 Å². The van der Waals surface area contributed by atoms with Crippen molar-refractivity contribution in [2.45, 2.75) is 51.3 Å². The van der Waals surface area contributed by atoms with E-state index in [0.717, 1.165) is 0 Å². The second-order valence-corrected chi connectivity index (χ2v) is 5.56. The summed E-state index contributed by atoms with van der Waals surface area (Å²) in [6.07, 6.45) is 0.321. The quantitative estimate of drug-likeness (QED) is 0.777. The van der Waals surface area contributed by atoms with E-state index in [2.05, 4.69) is 4.74 Å². The lowest BCUT2D eigenvalue weighted by atomic mass is 10.1. The molecule has 1 heterocycles. The molecule has 0 aromatic rings. The molecular weight excluding hydrogens is 272 g/mol. The van der Waals surface area contributed by atoms with Crippen LogP contribution in [0.2, 0.25) is 0 Å². The number of rotatable bonds is 2. The Morgan fingerprint density at radius 2 is 1.95 bits per heavy atom. The normalized spacial score (nSPS) is 22.7. The molecule has 1 saturated heterocycles. The summed E-state index contributed by atoms with van der Waals surface area (Å²) in [4.78, 5) is 24.8. The van der Waals surface area contributed by atoms with Gasteiger partial charge in [0.1, 0.15) is 5.60 Å². The predicted molar refractivity (Wildman–Crippen MR) is 73.2 cm³/mol. The maximum atomic E-state index is 12.0. The Kier molecular flexibility index (Phi) is 6.59. The van der Waals surface area contributed by atoms with Crippen LogP contribution in [0.15, 0.2) is 0 Å². The van der Waals surface area contributed by atoms with Gasteiger partial charge >= 0.3 is 12.1 Å². The first-order valence-electron chi connectivity index (χ1n) is 6.05. The molecule has 7 heteroatoms. The third-order valence-corrected chi connectivity index (χ3v) is 2.70. The maximum Gasteiger partial charge on any atom is 0.410 e. The largest absolute Gasteiger partial charge is 0.469 e. The van der Waals surface area contributed by atoms with Crippen molar-refractivity contribution in [3.8, 4) is 0 Å². The lowest BCUT2D eigenvalue weighted by molar-refractivity contribution is -0.141. The molecule has 6 nitrogen and oxygen atoms in total. The van der Waals surface area contributed by atoms with Gasteiger partial charge in [0.15, 0.2) is 0 Å². The minimum atomic E-state index is -0.556. The molecule has 19 heavy (non-hydrogen) atoms. The second-order valence-electron chi connectivity index (χ2n) is 5.56. The number of nitrogens with zero attached hydrogens (tertiary/aromatic N) is 1. The van der Waals surface area contributed by atoms with Crippen molar-refractivity contribution in [2.75, 3.05) is 13.7 Å². The van der Waals surface area contributed by atoms with Gasteiger partial charge < -0.3 is 20.1 Å². The molecule has 1 aliphatic heterocycles. The summed E-state index contributed by atoms with van der Waals surface area (Å²) in [6.45, 7) is 5.82. The molecular formula is C12H23ClN2O4. The highest BCUT2D eigenvalue weighted by molar-refractivity contribution is 5.85. The van der Waals surface area contributed by atoms with Crippen molar-refractivity contribution in [1.82, 2.24) is 4.90 Å². The minimum absolute atomic E-state index is 0. The van der Waals surface area contributed by atoms with Gasteiger partial charge in [-0.2, -0.15) is 0 Å². The Labute approximate surface area is 120 Å². The van der Waals surface area contributed by atoms with Crippen LogP contribution in [-0.2, 0) is 14.3 Å². The SMILES string of the molecule is COC(=O)CC1CC(N)CN1C(=O)OC(C)(C)C.Cl. The highest BCUT2D eigenvalue weighted by atomic mass is 35.5. The average molecular weight is 295 g/mol. The second kappa shape index (κ2) is 6.96. The number of ether oxygens (including phenoxy) is 2. The van der Waals surface area contributed by atoms with E-state index in [0.29, 0.717) is 13.0 Å². The van der Waals surface area contributed by atoms with Crippen molar-refractivity contribution in [3.63, 3.8) is 0 Å². The monoisotopic (exact) mass is 294 g/mol. The lowest BCUT2D eigenvalue weighted by Crippen LogP contribution is -2.41. The number of carbonyl (C=O) groups is 2. The zero-order valence-electron chi connectivity index (χ0n) is 11.8. The van der Waals surface area contributed by atoms with Gasteiger partial charge in [-0.1, -0.05) is 0 Å². The van der Waals surface area contributed by atoms with Crippen molar-refractivity contribution in [3.05, 3.63) is 0 Å². The van der Waals surface area contributed by atoms with Gasteiger partial charge in [0.2, 0.25) is 0 Å². The van der Waals surface area contributed by atoms with Crippen LogP contribution in [0.5, 0.6) is 0 Å². The summed E-state index contributed by atoms with van der Waals surface area (Å²) < 4.78 is 9.91. The highest BCUT2D eigenvalue weighted by Gasteiger charge is 2.37. The molecule has 0 aromatic heterocycles. The Hall–Kier alpha value is -1.01. The van der Waals surface area contributed by atoms with Crippen molar-refractivity contribution >= 4 is 24.5 Å². The summed E-state index contributed by atoms with van der Waals surface area (Å²) in [6, 6.07) is -0.352. The average Bonchev–Trinajstić information content (AvgIpc) is 2.56. The smallest absolute Gasteiger partial charge is 0.410 e. The van der Waals surface area contributed by atoms with Gasteiger partial charge in [-0.05, 0) is 27.2 Å². The van der Waals surface area contributed by atoms with Crippen LogP contribution < -0.4 is 5.73 Å². The number of esters is 1. The maximum absolute atomic E-state index is 12.0. The van der Waals surface area contributed by atoms with Crippen molar-refractivity contribution in [1.29, 1.82) is 0 Å². The van der Waals surface area contributed by atoms with E-state index in [9.17, 15) is 9.59 Å². The summed E-state index contributed by atoms with van der Waals surface area (Å²) >= 11 is 0. The molecule has 0 spiro atoms. The standard InChI is InChI=1S/C12H22N2O4.ClH/c1-12(2,3)18-11(16)14-7-8(13)5-9(14)6-10(15)17-4;/h8-9H,5-7,13H2,1-4H3;1H.